The first-order chi connectivity index (χ1) is 9.59. The zero-order valence-electron chi connectivity index (χ0n) is 12.6. The summed E-state index contributed by atoms with van der Waals surface area (Å²) in [5, 5.41) is 0. The third-order valence-corrected chi connectivity index (χ3v) is 4.09. The molecule has 1 nitrogen and oxygen atoms in total. The Bertz CT molecular complexity index is 505. The topological polar surface area (TPSA) is 3.24 Å². The molecule has 0 unspecified atom stereocenters. The molecule has 2 aromatic rings. The van der Waals surface area contributed by atoms with E-state index in [0.717, 1.165) is 0 Å². The maximum atomic E-state index is 4.08. The Labute approximate surface area is 122 Å². The van der Waals surface area contributed by atoms with Gasteiger partial charge in [0.1, 0.15) is 0 Å². The van der Waals surface area contributed by atoms with Crippen LogP contribution in [-0.2, 0) is 0 Å². The first-order valence-electron chi connectivity index (χ1n) is 7.13. The summed E-state index contributed by atoms with van der Waals surface area (Å²) in [6, 6.07) is 21.0. The Kier molecular flexibility index (Phi) is 4.29. The largest absolute Gasteiger partial charge is 0.332 e. The maximum absolute atomic E-state index is 4.08. The van der Waals surface area contributed by atoms with Crippen LogP contribution in [0.3, 0.4) is 0 Å². The van der Waals surface area contributed by atoms with E-state index >= 15 is 0 Å². The van der Waals surface area contributed by atoms with Crippen LogP contribution in [0.25, 0.3) is 0 Å². The number of hydrogen-bond donors (Lipinski definition) is 0. The molecule has 20 heavy (non-hydrogen) atoms. The molecule has 1 heteroatoms. The van der Waals surface area contributed by atoms with Gasteiger partial charge in [0.25, 0.3) is 0 Å². The number of benzene rings is 2. The van der Waals surface area contributed by atoms with E-state index in [1.807, 2.05) is 12.1 Å². The zero-order chi connectivity index (χ0) is 14.6. The Hall–Kier alpha value is -2.02. The summed E-state index contributed by atoms with van der Waals surface area (Å²) in [4.78, 5) is 2.37. The average Bonchev–Trinajstić information content (AvgIpc) is 2.49. The number of nitrogens with zero attached hydrogens (tertiary/aromatic N) is 1. The summed E-state index contributed by atoms with van der Waals surface area (Å²) >= 11 is 0. The third kappa shape index (κ3) is 2.62. The molecule has 2 aromatic carbocycles. The molecule has 0 N–H and O–H groups in total. The molecule has 0 bridgehead atoms. The summed E-state index contributed by atoms with van der Waals surface area (Å²) in [7, 11) is 0. The molecule has 0 spiro atoms. The van der Waals surface area contributed by atoms with E-state index in [-0.39, 0.29) is 5.54 Å². The summed E-state index contributed by atoms with van der Waals surface area (Å²) in [6.45, 7) is 10.8. The molecule has 0 aliphatic rings. The highest BCUT2D eigenvalue weighted by molar-refractivity contribution is 5.66. The van der Waals surface area contributed by atoms with Crippen LogP contribution in [0, 0.1) is 5.92 Å². The van der Waals surface area contributed by atoms with E-state index in [2.05, 4.69) is 86.9 Å². The van der Waals surface area contributed by atoms with Gasteiger partial charge in [-0.1, -0.05) is 56.3 Å². The molecule has 2 rings (SSSR count). The molecule has 0 radical (unpaired) electrons. The third-order valence-electron chi connectivity index (χ3n) is 4.09. The Morgan fingerprint density at radius 1 is 0.900 bits per heavy atom. The van der Waals surface area contributed by atoms with Gasteiger partial charge in [-0.05, 0) is 37.1 Å². The van der Waals surface area contributed by atoms with Gasteiger partial charge in [-0.15, -0.1) is 6.58 Å². The van der Waals surface area contributed by atoms with Crippen molar-refractivity contribution < 1.29 is 0 Å². The summed E-state index contributed by atoms with van der Waals surface area (Å²) in [5.74, 6) is 0.445. The molecule has 0 amide bonds. The molecule has 0 heterocycles. The van der Waals surface area contributed by atoms with Crippen molar-refractivity contribution >= 4 is 11.4 Å². The van der Waals surface area contributed by atoms with Gasteiger partial charge in [-0.25, -0.2) is 0 Å². The van der Waals surface area contributed by atoms with E-state index in [9.17, 15) is 0 Å². The highest BCUT2D eigenvalue weighted by atomic mass is 15.2. The molecule has 104 valence electrons. The predicted octanol–water partition coefficient (Wildman–Crippen LogP) is 5.43. The fourth-order valence-electron chi connectivity index (χ4n) is 2.44. The molecule has 0 aliphatic heterocycles. The first kappa shape index (κ1) is 14.4. The van der Waals surface area contributed by atoms with Crippen LogP contribution in [0.5, 0.6) is 0 Å². The molecule has 0 saturated heterocycles. The van der Waals surface area contributed by atoms with Gasteiger partial charge in [-0.2, -0.15) is 0 Å². The van der Waals surface area contributed by atoms with E-state index in [1.54, 1.807) is 0 Å². The minimum atomic E-state index is -0.136. The van der Waals surface area contributed by atoms with Gasteiger partial charge < -0.3 is 4.90 Å². The maximum Gasteiger partial charge on any atom is 0.0625 e. The minimum absolute atomic E-state index is 0.136. The van der Waals surface area contributed by atoms with Crippen LogP contribution < -0.4 is 4.90 Å². The Morgan fingerprint density at radius 2 is 1.30 bits per heavy atom. The normalized spacial score (nSPS) is 13.8. The van der Waals surface area contributed by atoms with Crippen molar-refractivity contribution in [2.45, 2.75) is 26.3 Å². The monoisotopic (exact) mass is 265 g/mol. The molecule has 0 fully saturated rings. The predicted molar refractivity (Wildman–Crippen MR) is 88.5 cm³/mol. The van der Waals surface area contributed by atoms with Crippen LogP contribution in [0.4, 0.5) is 11.4 Å². The van der Waals surface area contributed by atoms with Crippen molar-refractivity contribution in [1.82, 2.24) is 0 Å². The highest BCUT2D eigenvalue weighted by Gasteiger charge is 2.33. The van der Waals surface area contributed by atoms with Crippen molar-refractivity contribution in [3.05, 3.63) is 73.3 Å². The number of hydrogen-bond acceptors (Lipinski definition) is 1. The van der Waals surface area contributed by atoms with E-state index in [0.29, 0.717) is 5.92 Å². The lowest BCUT2D eigenvalue weighted by molar-refractivity contribution is 0.412. The van der Waals surface area contributed by atoms with Crippen molar-refractivity contribution in [2.24, 2.45) is 5.92 Å². The van der Waals surface area contributed by atoms with E-state index < -0.39 is 0 Å². The fourth-order valence-corrected chi connectivity index (χ4v) is 2.44. The van der Waals surface area contributed by atoms with Gasteiger partial charge in [0.05, 0.1) is 5.54 Å². The second-order valence-corrected chi connectivity index (χ2v) is 5.59. The van der Waals surface area contributed by atoms with Crippen molar-refractivity contribution in [1.29, 1.82) is 0 Å². The van der Waals surface area contributed by atoms with Crippen molar-refractivity contribution in [2.75, 3.05) is 4.90 Å². The van der Waals surface area contributed by atoms with Gasteiger partial charge >= 0.3 is 0 Å². The Balaban J connectivity index is 2.59. The summed E-state index contributed by atoms with van der Waals surface area (Å²) < 4.78 is 0. The molecular formula is C19H23N. The molecule has 0 saturated carbocycles. The highest BCUT2D eigenvalue weighted by Crippen LogP contribution is 2.37. The number of para-hydroxylation sites is 2. The minimum Gasteiger partial charge on any atom is -0.332 e. The number of anilines is 2. The fraction of sp³-hybridized carbons (Fsp3) is 0.263. The SMILES string of the molecule is C=C[C@@](C)(C(C)C)N(c1ccccc1)c1ccccc1. The average molecular weight is 265 g/mol. The zero-order valence-corrected chi connectivity index (χ0v) is 12.6. The lowest BCUT2D eigenvalue weighted by Crippen LogP contribution is -2.46. The van der Waals surface area contributed by atoms with Gasteiger partial charge in [0, 0.05) is 11.4 Å². The van der Waals surface area contributed by atoms with Crippen LogP contribution in [0.1, 0.15) is 20.8 Å². The first-order valence-corrected chi connectivity index (χ1v) is 7.13. The van der Waals surface area contributed by atoms with Crippen LogP contribution in [0.15, 0.2) is 73.3 Å². The standard InChI is InChI=1S/C19H23N/c1-5-19(4,16(2)3)20(17-12-8-6-9-13-17)18-14-10-7-11-15-18/h5-16H,1H2,2-4H3/t19-/m0/s1. The molecule has 0 aliphatic carbocycles. The second-order valence-electron chi connectivity index (χ2n) is 5.59. The Morgan fingerprint density at radius 3 is 1.60 bits per heavy atom. The lowest BCUT2D eigenvalue weighted by Gasteiger charge is -2.44. The summed E-state index contributed by atoms with van der Waals surface area (Å²) in [6.07, 6.45) is 2.05. The molecular weight excluding hydrogens is 242 g/mol. The smallest absolute Gasteiger partial charge is 0.0625 e. The van der Waals surface area contributed by atoms with E-state index in [1.165, 1.54) is 11.4 Å². The van der Waals surface area contributed by atoms with Crippen LogP contribution >= 0.6 is 0 Å². The molecule has 1 atom stereocenters. The number of rotatable bonds is 5. The lowest BCUT2D eigenvalue weighted by atomic mass is 9.85. The van der Waals surface area contributed by atoms with Gasteiger partial charge in [0.15, 0.2) is 0 Å². The van der Waals surface area contributed by atoms with Crippen molar-refractivity contribution in [3.8, 4) is 0 Å². The van der Waals surface area contributed by atoms with Crippen LogP contribution in [0.2, 0.25) is 0 Å². The van der Waals surface area contributed by atoms with Gasteiger partial charge in [-0.3, -0.25) is 0 Å². The van der Waals surface area contributed by atoms with E-state index in [4.69, 9.17) is 0 Å². The molecule has 0 aromatic heterocycles. The quantitative estimate of drug-likeness (QED) is 0.652. The van der Waals surface area contributed by atoms with Crippen molar-refractivity contribution in [3.63, 3.8) is 0 Å². The summed E-state index contributed by atoms with van der Waals surface area (Å²) in [5.41, 5.74) is 2.24. The van der Waals surface area contributed by atoms with Crippen LogP contribution in [-0.4, -0.2) is 5.54 Å². The van der Waals surface area contributed by atoms with Gasteiger partial charge in [0.2, 0.25) is 0 Å². The second kappa shape index (κ2) is 5.96.